The molecule has 1 aliphatic rings. The standard InChI is InChI=1S/C20H23NO3S2/c1-13(25-12-14-8-4-3-5-9-14)18(22)21-19-17(20(23)24-2)15-10-6-7-11-16(15)26-19/h3-5,8-9,13H,6-7,10-12H2,1-2H3,(H,21,22)/t13-/m1/s1. The third-order valence-electron chi connectivity index (χ3n) is 4.51. The lowest BCUT2D eigenvalue weighted by atomic mass is 9.95. The number of amides is 1. The first-order chi connectivity index (χ1) is 12.6. The summed E-state index contributed by atoms with van der Waals surface area (Å²) in [6.07, 6.45) is 4.05. The summed E-state index contributed by atoms with van der Waals surface area (Å²) in [6, 6.07) is 10.1. The topological polar surface area (TPSA) is 55.4 Å². The van der Waals surface area contributed by atoms with Gasteiger partial charge in [-0.05, 0) is 43.7 Å². The van der Waals surface area contributed by atoms with E-state index in [0.717, 1.165) is 37.0 Å². The smallest absolute Gasteiger partial charge is 0.341 e. The second kappa shape index (κ2) is 8.73. The molecule has 0 spiro atoms. The summed E-state index contributed by atoms with van der Waals surface area (Å²) < 4.78 is 4.96. The number of fused-ring (bicyclic) bond motifs is 1. The molecule has 0 radical (unpaired) electrons. The van der Waals surface area contributed by atoms with Crippen LogP contribution in [-0.2, 0) is 28.1 Å². The highest BCUT2D eigenvalue weighted by atomic mass is 32.2. The van der Waals surface area contributed by atoms with Gasteiger partial charge in [0.2, 0.25) is 5.91 Å². The molecule has 26 heavy (non-hydrogen) atoms. The van der Waals surface area contributed by atoms with Gasteiger partial charge in [0.15, 0.2) is 0 Å². The maximum absolute atomic E-state index is 12.6. The number of thioether (sulfide) groups is 1. The van der Waals surface area contributed by atoms with E-state index in [4.69, 9.17) is 4.74 Å². The van der Waals surface area contributed by atoms with Gasteiger partial charge >= 0.3 is 5.97 Å². The monoisotopic (exact) mass is 389 g/mol. The summed E-state index contributed by atoms with van der Waals surface area (Å²) in [5.74, 6) is 0.346. The molecule has 1 aromatic heterocycles. The predicted molar refractivity (Wildman–Crippen MR) is 108 cm³/mol. The average Bonchev–Trinajstić information content (AvgIpc) is 3.04. The molecule has 0 bridgehead atoms. The first kappa shape index (κ1) is 19.0. The number of esters is 1. The summed E-state index contributed by atoms with van der Waals surface area (Å²) in [7, 11) is 1.39. The largest absolute Gasteiger partial charge is 0.465 e. The van der Waals surface area contributed by atoms with Crippen LogP contribution in [0.2, 0.25) is 0 Å². The first-order valence-corrected chi connectivity index (χ1v) is 10.7. The van der Waals surface area contributed by atoms with E-state index in [1.807, 2.05) is 25.1 Å². The summed E-state index contributed by atoms with van der Waals surface area (Å²) in [4.78, 5) is 26.1. The number of carbonyl (C=O) groups excluding carboxylic acids is 2. The fraction of sp³-hybridized carbons (Fsp3) is 0.400. The van der Waals surface area contributed by atoms with Gasteiger partial charge in [0.25, 0.3) is 0 Å². The predicted octanol–water partition coefficient (Wildman–Crippen LogP) is 4.67. The Bertz CT molecular complexity index is 786. The van der Waals surface area contributed by atoms with Crippen LogP contribution in [0.5, 0.6) is 0 Å². The van der Waals surface area contributed by atoms with E-state index in [2.05, 4.69) is 17.4 Å². The van der Waals surface area contributed by atoms with Crippen LogP contribution in [0.3, 0.4) is 0 Å². The molecule has 1 heterocycles. The number of nitrogens with one attached hydrogen (secondary N) is 1. The van der Waals surface area contributed by atoms with E-state index >= 15 is 0 Å². The van der Waals surface area contributed by atoms with Crippen LogP contribution in [0, 0.1) is 0 Å². The van der Waals surface area contributed by atoms with Crippen LogP contribution in [-0.4, -0.2) is 24.2 Å². The molecule has 1 atom stereocenters. The second-order valence-electron chi connectivity index (χ2n) is 6.33. The number of methoxy groups -OCH3 is 1. The fourth-order valence-electron chi connectivity index (χ4n) is 3.06. The lowest BCUT2D eigenvalue weighted by Gasteiger charge is -2.13. The number of rotatable bonds is 6. The minimum atomic E-state index is -0.357. The summed E-state index contributed by atoms with van der Waals surface area (Å²) in [6.45, 7) is 1.90. The highest BCUT2D eigenvalue weighted by Crippen LogP contribution is 2.38. The lowest BCUT2D eigenvalue weighted by Crippen LogP contribution is -2.23. The molecule has 0 aliphatic heterocycles. The Kier molecular flexibility index (Phi) is 6.38. The Labute approximate surface area is 162 Å². The Morgan fingerprint density at radius 2 is 1.96 bits per heavy atom. The molecule has 1 amide bonds. The van der Waals surface area contributed by atoms with Crippen molar-refractivity contribution in [2.45, 2.75) is 43.6 Å². The van der Waals surface area contributed by atoms with Crippen molar-refractivity contribution in [1.29, 1.82) is 0 Å². The summed E-state index contributed by atoms with van der Waals surface area (Å²) in [5, 5.41) is 3.41. The number of thiophene rings is 1. The van der Waals surface area contributed by atoms with E-state index < -0.39 is 0 Å². The summed E-state index contributed by atoms with van der Waals surface area (Å²) >= 11 is 3.11. The van der Waals surface area contributed by atoms with Crippen LogP contribution < -0.4 is 5.32 Å². The number of aryl methyl sites for hydroxylation is 1. The van der Waals surface area contributed by atoms with Crippen LogP contribution in [0.15, 0.2) is 30.3 Å². The average molecular weight is 390 g/mol. The number of hydrogen-bond donors (Lipinski definition) is 1. The SMILES string of the molecule is COC(=O)c1c(NC(=O)[C@@H](C)SCc2ccccc2)sc2c1CCCC2. The van der Waals surface area contributed by atoms with Crippen molar-refractivity contribution in [2.75, 3.05) is 12.4 Å². The normalized spacial score (nSPS) is 14.4. The third-order valence-corrected chi connectivity index (χ3v) is 6.93. The van der Waals surface area contributed by atoms with Gasteiger partial charge in [0.1, 0.15) is 5.00 Å². The minimum absolute atomic E-state index is 0.0744. The van der Waals surface area contributed by atoms with Crippen LogP contribution in [0.4, 0.5) is 5.00 Å². The van der Waals surface area contributed by atoms with Gasteiger partial charge < -0.3 is 10.1 Å². The van der Waals surface area contributed by atoms with Gasteiger partial charge in [-0.3, -0.25) is 4.79 Å². The quantitative estimate of drug-likeness (QED) is 0.729. The van der Waals surface area contributed by atoms with Crippen LogP contribution >= 0.6 is 23.1 Å². The maximum Gasteiger partial charge on any atom is 0.341 e. The molecule has 138 valence electrons. The number of ether oxygens (including phenoxy) is 1. The molecule has 6 heteroatoms. The van der Waals surface area contributed by atoms with E-state index in [1.54, 1.807) is 11.8 Å². The molecule has 0 saturated carbocycles. The van der Waals surface area contributed by atoms with Crippen molar-refractivity contribution >= 4 is 40.0 Å². The first-order valence-electron chi connectivity index (χ1n) is 8.79. The lowest BCUT2D eigenvalue weighted by molar-refractivity contribution is -0.115. The van der Waals surface area contributed by atoms with Gasteiger partial charge in [-0.2, -0.15) is 0 Å². The number of benzene rings is 1. The maximum atomic E-state index is 12.6. The van der Waals surface area contributed by atoms with Gasteiger partial charge in [-0.1, -0.05) is 30.3 Å². The van der Waals surface area contributed by atoms with E-state index in [9.17, 15) is 9.59 Å². The van der Waals surface area contributed by atoms with E-state index in [0.29, 0.717) is 10.6 Å². The Balaban J connectivity index is 1.70. The van der Waals surface area contributed by atoms with Crippen LogP contribution in [0.1, 0.15) is 46.1 Å². The Morgan fingerprint density at radius 3 is 2.69 bits per heavy atom. The van der Waals surface area contributed by atoms with Gasteiger partial charge in [0, 0.05) is 10.6 Å². The molecular weight excluding hydrogens is 366 g/mol. The minimum Gasteiger partial charge on any atom is -0.465 e. The molecule has 1 N–H and O–H groups in total. The van der Waals surface area contributed by atoms with Crippen molar-refractivity contribution < 1.29 is 14.3 Å². The zero-order valence-electron chi connectivity index (χ0n) is 15.0. The molecule has 2 aromatic rings. The molecule has 1 aliphatic carbocycles. The second-order valence-corrected chi connectivity index (χ2v) is 8.77. The van der Waals surface area contributed by atoms with Crippen LogP contribution in [0.25, 0.3) is 0 Å². The highest BCUT2D eigenvalue weighted by Gasteiger charge is 2.27. The molecular formula is C20H23NO3S2. The molecule has 0 saturated heterocycles. The van der Waals surface area contributed by atoms with Gasteiger partial charge in [0.05, 0.1) is 17.9 Å². The fourth-order valence-corrected chi connectivity index (χ4v) is 5.18. The van der Waals surface area contributed by atoms with E-state index in [-0.39, 0.29) is 17.1 Å². The molecule has 0 fully saturated rings. The number of anilines is 1. The van der Waals surface area contributed by atoms with Gasteiger partial charge in [-0.15, -0.1) is 23.1 Å². The van der Waals surface area contributed by atoms with Crippen molar-refractivity contribution in [3.05, 3.63) is 51.9 Å². The van der Waals surface area contributed by atoms with Crippen molar-refractivity contribution in [3.63, 3.8) is 0 Å². The summed E-state index contributed by atoms with van der Waals surface area (Å²) in [5.41, 5.74) is 2.81. The number of hydrogen-bond acceptors (Lipinski definition) is 5. The van der Waals surface area contributed by atoms with Crippen molar-refractivity contribution in [2.24, 2.45) is 0 Å². The highest BCUT2D eigenvalue weighted by molar-refractivity contribution is 7.99. The Hall–Kier alpha value is -1.79. The zero-order chi connectivity index (χ0) is 18.5. The van der Waals surface area contributed by atoms with E-state index in [1.165, 1.54) is 28.9 Å². The molecule has 1 aromatic carbocycles. The third kappa shape index (κ3) is 4.30. The number of carbonyl (C=O) groups is 2. The van der Waals surface area contributed by atoms with Crippen molar-refractivity contribution in [3.8, 4) is 0 Å². The molecule has 3 rings (SSSR count). The molecule has 4 nitrogen and oxygen atoms in total. The zero-order valence-corrected chi connectivity index (χ0v) is 16.7. The van der Waals surface area contributed by atoms with Gasteiger partial charge in [-0.25, -0.2) is 4.79 Å². The molecule has 0 unspecified atom stereocenters. The Morgan fingerprint density at radius 1 is 1.23 bits per heavy atom. The van der Waals surface area contributed by atoms with Crippen molar-refractivity contribution in [1.82, 2.24) is 0 Å².